The van der Waals surface area contributed by atoms with Crippen molar-refractivity contribution in [2.24, 2.45) is 0 Å². The average molecular weight is 357 g/mol. The van der Waals surface area contributed by atoms with Crippen LogP contribution in [0.5, 0.6) is 11.5 Å². The molecule has 3 rings (SSSR count). The fourth-order valence-electron chi connectivity index (χ4n) is 2.74. The van der Waals surface area contributed by atoms with Crippen LogP contribution in [0.1, 0.15) is 11.1 Å². The monoisotopic (exact) mass is 357 g/mol. The number of fused-ring (bicyclic) bond motifs is 1. The van der Waals surface area contributed by atoms with Crippen LogP contribution < -0.4 is 14.8 Å². The standard InChI is InChI=1S/C18H19N3O5/c1-12-3-5-14(15(7-12)21(23)24)19-18(22)10-20(2)9-13-4-6-16-17(8-13)26-11-25-16/h3-8H,9-11H2,1-2H3,(H,19,22). The summed E-state index contributed by atoms with van der Waals surface area (Å²) in [6.45, 7) is 2.60. The van der Waals surface area contributed by atoms with E-state index in [2.05, 4.69) is 5.32 Å². The van der Waals surface area contributed by atoms with Crippen molar-refractivity contribution in [3.63, 3.8) is 0 Å². The van der Waals surface area contributed by atoms with Crippen LogP contribution in [-0.2, 0) is 11.3 Å². The van der Waals surface area contributed by atoms with Gasteiger partial charge in [0, 0.05) is 12.6 Å². The van der Waals surface area contributed by atoms with Crippen LogP contribution in [0.3, 0.4) is 0 Å². The number of hydrogen-bond acceptors (Lipinski definition) is 6. The molecule has 0 saturated carbocycles. The van der Waals surface area contributed by atoms with Gasteiger partial charge in [-0.25, -0.2) is 0 Å². The molecule has 26 heavy (non-hydrogen) atoms. The lowest BCUT2D eigenvalue weighted by atomic mass is 10.2. The van der Waals surface area contributed by atoms with Gasteiger partial charge in [-0.15, -0.1) is 0 Å². The molecule has 0 atom stereocenters. The number of carbonyl (C=O) groups is 1. The normalized spacial score (nSPS) is 12.3. The Morgan fingerprint density at radius 3 is 2.77 bits per heavy atom. The molecule has 136 valence electrons. The number of carbonyl (C=O) groups excluding carboxylic acids is 1. The van der Waals surface area contributed by atoms with Gasteiger partial charge in [0.15, 0.2) is 11.5 Å². The Morgan fingerprint density at radius 1 is 1.23 bits per heavy atom. The van der Waals surface area contributed by atoms with Crippen LogP contribution in [0.4, 0.5) is 11.4 Å². The third-order valence-corrected chi connectivity index (χ3v) is 3.93. The Hall–Kier alpha value is -3.13. The van der Waals surface area contributed by atoms with E-state index in [-0.39, 0.29) is 30.6 Å². The Morgan fingerprint density at radius 2 is 2.00 bits per heavy atom. The lowest BCUT2D eigenvalue weighted by Crippen LogP contribution is -2.30. The molecule has 1 amide bonds. The van der Waals surface area contributed by atoms with Crippen molar-refractivity contribution in [2.75, 3.05) is 25.7 Å². The molecule has 0 aliphatic carbocycles. The highest BCUT2D eigenvalue weighted by molar-refractivity contribution is 5.94. The zero-order valence-corrected chi connectivity index (χ0v) is 14.5. The number of amides is 1. The van der Waals surface area contributed by atoms with Gasteiger partial charge in [-0.2, -0.15) is 0 Å². The first kappa shape index (κ1) is 17.7. The van der Waals surface area contributed by atoms with Crippen LogP contribution >= 0.6 is 0 Å². The minimum Gasteiger partial charge on any atom is -0.454 e. The van der Waals surface area contributed by atoms with Gasteiger partial charge in [0.1, 0.15) is 5.69 Å². The lowest BCUT2D eigenvalue weighted by molar-refractivity contribution is -0.384. The molecular formula is C18H19N3O5. The summed E-state index contributed by atoms with van der Waals surface area (Å²) in [7, 11) is 1.80. The fraction of sp³-hybridized carbons (Fsp3) is 0.278. The molecule has 0 fully saturated rings. The third kappa shape index (κ3) is 4.09. The molecule has 0 unspecified atom stereocenters. The van der Waals surface area contributed by atoms with E-state index in [0.29, 0.717) is 18.0 Å². The van der Waals surface area contributed by atoms with E-state index in [9.17, 15) is 14.9 Å². The first-order chi connectivity index (χ1) is 12.4. The smallest absolute Gasteiger partial charge is 0.293 e. The Labute approximate surface area is 150 Å². The summed E-state index contributed by atoms with van der Waals surface area (Å²) in [5.41, 5.74) is 1.82. The number of nitrogens with one attached hydrogen (secondary N) is 1. The number of nitrogens with zero attached hydrogens (tertiary/aromatic N) is 2. The van der Waals surface area contributed by atoms with E-state index in [1.165, 1.54) is 6.07 Å². The zero-order valence-electron chi connectivity index (χ0n) is 14.5. The van der Waals surface area contributed by atoms with E-state index >= 15 is 0 Å². The van der Waals surface area contributed by atoms with Gasteiger partial charge >= 0.3 is 0 Å². The highest BCUT2D eigenvalue weighted by atomic mass is 16.7. The third-order valence-electron chi connectivity index (χ3n) is 3.93. The molecule has 0 saturated heterocycles. The number of nitro groups is 1. The quantitative estimate of drug-likeness (QED) is 0.631. The largest absolute Gasteiger partial charge is 0.454 e. The molecule has 0 spiro atoms. The molecule has 1 N–H and O–H groups in total. The van der Waals surface area contributed by atoms with Gasteiger partial charge in [0.05, 0.1) is 11.5 Å². The number of nitro benzene ring substituents is 1. The van der Waals surface area contributed by atoms with Crippen molar-refractivity contribution in [3.05, 3.63) is 57.6 Å². The molecule has 0 radical (unpaired) electrons. The maximum absolute atomic E-state index is 12.2. The lowest BCUT2D eigenvalue weighted by Gasteiger charge is -2.16. The maximum Gasteiger partial charge on any atom is 0.293 e. The van der Waals surface area contributed by atoms with E-state index < -0.39 is 4.92 Å². The first-order valence-corrected chi connectivity index (χ1v) is 8.04. The number of likely N-dealkylation sites (N-methyl/N-ethyl adjacent to an activating group) is 1. The van der Waals surface area contributed by atoms with Crippen molar-refractivity contribution in [1.29, 1.82) is 0 Å². The van der Waals surface area contributed by atoms with E-state index in [0.717, 1.165) is 11.1 Å². The SMILES string of the molecule is Cc1ccc(NC(=O)CN(C)Cc2ccc3c(c2)OCO3)c([N+](=O)[O-])c1. The predicted molar refractivity (Wildman–Crippen MR) is 95.4 cm³/mol. The minimum atomic E-state index is -0.501. The molecule has 1 aliphatic rings. The number of benzene rings is 2. The highest BCUT2D eigenvalue weighted by Crippen LogP contribution is 2.32. The second kappa shape index (κ2) is 7.40. The second-order valence-corrected chi connectivity index (χ2v) is 6.19. The topological polar surface area (TPSA) is 93.9 Å². The molecule has 1 heterocycles. The van der Waals surface area contributed by atoms with Crippen LogP contribution in [0, 0.1) is 17.0 Å². The predicted octanol–water partition coefficient (Wildman–Crippen LogP) is 2.70. The Bertz CT molecular complexity index is 853. The van der Waals surface area contributed by atoms with Gasteiger partial charge in [-0.05, 0) is 43.3 Å². The van der Waals surface area contributed by atoms with Crippen LogP contribution in [-0.4, -0.2) is 36.1 Å². The summed E-state index contributed by atoms with van der Waals surface area (Å²) in [6, 6.07) is 10.3. The fourth-order valence-corrected chi connectivity index (χ4v) is 2.74. The van der Waals surface area contributed by atoms with E-state index in [1.807, 2.05) is 23.1 Å². The number of anilines is 1. The number of aryl methyl sites for hydroxylation is 1. The number of ether oxygens (including phenoxy) is 2. The average Bonchev–Trinajstić information content (AvgIpc) is 3.03. The number of rotatable bonds is 6. The molecule has 8 heteroatoms. The Kier molecular flexibility index (Phi) is 5.04. The van der Waals surface area contributed by atoms with Gasteiger partial charge < -0.3 is 14.8 Å². The zero-order chi connectivity index (χ0) is 18.7. The minimum absolute atomic E-state index is 0.0967. The molecule has 8 nitrogen and oxygen atoms in total. The van der Waals surface area contributed by atoms with Crippen LogP contribution in [0.2, 0.25) is 0 Å². The maximum atomic E-state index is 12.2. The molecule has 2 aromatic carbocycles. The molecule has 0 aromatic heterocycles. The van der Waals surface area contributed by atoms with Crippen molar-refractivity contribution in [3.8, 4) is 11.5 Å². The summed E-state index contributed by atoms with van der Waals surface area (Å²) in [4.78, 5) is 24.7. The summed E-state index contributed by atoms with van der Waals surface area (Å²) < 4.78 is 10.6. The highest BCUT2D eigenvalue weighted by Gasteiger charge is 2.18. The first-order valence-electron chi connectivity index (χ1n) is 8.04. The van der Waals surface area contributed by atoms with Crippen molar-refractivity contribution >= 4 is 17.3 Å². The van der Waals surface area contributed by atoms with Crippen molar-refractivity contribution in [1.82, 2.24) is 4.90 Å². The van der Waals surface area contributed by atoms with Gasteiger partial charge in [0.2, 0.25) is 12.7 Å². The molecule has 0 bridgehead atoms. The molecule has 1 aliphatic heterocycles. The summed E-state index contributed by atoms with van der Waals surface area (Å²) >= 11 is 0. The van der Waals surface area contributed by atoms with Crippen molar-refractivity contribution < 1.29 is 19.2 Å². The van der Waals surface area contributed by atoms with Gasteiger partial charge in [0.25, 0.3) is 5.69 Å². The van der Waals surface area contributed by atoms with Gasteiger partial charge in [-0.3, -0.25) is 19.8 Å². The van der Waals surface area contributed by atoms with Gasteiger partial charge in [-0.1, -0.05) is 12.1 Å². The summed E-state index contributed by atoms with van der Waals surface area (Å²) in [6.07, 6.45) is 0. The van der Waals surface area contributed by atoms with Crippen molar-refractivity contribution in [2.45, 2.75) is 13.5 Å². The van der Waals surface area contributed by atoms with E-state index in [4.69, 9.17) is 9.47 Å². The second-order valence-electron chi connectivity index (χ2n) is 6.19. The molecular weight excluding hydrogens is 338 g/mol. The summed E-state index contributed by atoms with van der Waals surface area (Å²) in [5.74, 6) is 1.08. The van der Waals surface area contributed by atoms with E-state index in [1.54, 1.807) is 26.1 Å². The summed E-state index contributed by atoms with van der Waals surface area (Å²) in [5, 5.41) is 13.7. The van der Waals surface area contributed by atoms with Crippen LogP contribution in [0.15, 0.2) is 36.4 Å². The Balaban J connectivity index is 1.60. The molecule has 2 aromatic rings. The number of hydrogen-bond donors (Lipinski definition) is 1. The van der Waals surface area contributed by atoms with Crippen LogP contribution in [0.25, 0.3) is 0 Å².